The van der Waals surface area contributed by atoms with Gasteiger partial charge in [0.2, 0.25) is 0 Å². The van der Waals surface area contributed by atoms with Gasteiger partial charge in [0.1, 0.15) is 5.54 Å². The average Bonchev–Trinajstić information content (AvgIpc) is 2.34. The Kier molecular flexibility index (Phi) is 9.02. The van der Waals surface area contributed by atoms with Gasteiger partial charge in [0, 0.05) is 0 Å². The largest absolute Gasteiger partial charge is 0.480 e. The van der Waals surface area contributed by atoms with Gasteiger partial charge in [0.05, 0.1) is 0 Å². The minimum Gasteiger partial charge on any atom is -0.480 e. The molecule has 0 aliphatic heterocycles. The Balaban J connectivity index is 4.69. The summed E-state index contributed by atoms with van der Waals surface area (Å²) in [5.74, 6) is -0.771. The van der Waals surface area contributed by atoms with Crippen LogP contribution in [0.3, 0.4) is 0 Å². The predicted molar refractivity (Wildman–Crippen MR) is 75.4 cm³/mol. The number of aliphatic carboxylic acids is 1. The first-order valence-electron chi connectivity index (χ1n) is 7.25. The van der Waals surface area contributed by atoms with Crippen molar-refractivity contribution in [3.63, 3.8) is 0 Å². The summed E-state index contributed by atoms with van der Waals surface area (Å²) in [5.41, 5.74) is 10.6. The van der Waals surface area contributed by atoms with Crippen LogP contribution in [0.25, 0.3) is 0 Å². The Hall–Kier alpha value is -0.610. The third-order valence-corrected chi connectivity index (χ3v) is 3.71. The van der Waals surface area contributed by atoms with Crippen LogP contribution in [0.15, 0.2) is 0 Å². The summed E-state index contributed by atoms with van der Waals surface area (Å²) < 4.78 is 0. The molecule has 0 aromatic rings. The third kappa shape index (κ3) is 5.36. The number of carboxylic acids is 1. The van der Waals surface area contributed by atoms with Crippen molar-refractivity contribution < 1.29 is 9.90 Å². The van der Waals surface area contributed by atoms with Crippen molar-refractivity contribution in [1.82, 2.24) is 0 Å². The van der Waals surface area contributed by atoms with Crippen LogP contribution in [0.2, 0.25) is 0 Å². The Bertz CT molecular complexity index is 234. The molecule has 18 heavy (non-hydrogen) atoms. The highest BCUT2D eigenvalue weighted by atomic mass is 16.4. The van der Waals surface area contributed by atoms with Crippen molar-refractivity contribution in [3.8, 4) is 0 Å². The zero-order chi connectivity index (χ0) is 14.0. The van der Waals surface area contributed by atoms with Gasteiger partial charge in [0.25, 0.3) is 0 Å². The van der Waals surface area contributed by atoms with E-state index in [9.17, 15) is 9.90 Å². The summed E-state index contributed by atoms with van der Waals surface area (Å²) in [6, 6.07) is 0. The first-order valence-corrected chi connectivity index (χ1v) is 7.25. The van der Waals surface area contributed by atoms with Crippen LogP contribution in [0.5, 0.6) is 0 Å². The first kappa shape index (κ1) is 17.4. The molecule has 0 bridgehead atoms. The first-order chi connectivity index (χ1) is 8.52. The van der Waals surface area contributed by atoms with Crippen molar-refractivity contribution in [3.05, 3.63) is 0 Å². The van der Waals surface area contributed by atoms with Crippen LogP contribution >= 0.6 is 0 Å². The van der Waals surface area contributed by atoms with Gasteiger partial charge >= 0.3 is 5.97 Å². The van der Waals surface area contributed by atoms with Crippen molar-refractivity contribution >= 4 is 5.97 Å². The molecular formula is C14H30N2O2. The predicted octanol–water partition coefficient (Wildman–Crippen LogP) is 2.50. The average molecular weight is 258 g/mol. The molecule has 2 unspecified atom stereocenters. The fraction of sp³-hybridized carbons (Fsp3) is 0.929. The van der Waals surface area contributed by atoms with E-state index in [4.69, 9.17) is 11.5 Å². The van der Waals surface area contributed by atoms with Crippen LogP contribution in [0.1, 0.15) is 65.2 Å². The molecule has 5 N–H and O–H groups in total. The zero-order valence-electron chi connectivity index (χ0n) is 12.0. The van der Waals surface area contributed by atoms with E-state index in [1.54, 1.807) is 0 Å². The highest BCUT2D eigenvalue weighted by Gasteiger charge is 2.40. The lowest BCUT2D eigenvalue weighted by atomic mass is 9.75. The second kappa shape index (κ2) is 9.34. The number of hydrogen-bond acceptors (Lipinski definition) is 3. The number of unbranched alkanes of at least 4 members (excludes halogenated alkanes) is 2. The van der Waals surface area contributed by atoms with E-state index in [0.29, 0.717) is 13.0 Å². The number of hydrogen-bond donors (Lipinski definition) is 3. The molecule has 0 saturated heterocycles. The molecular weight excluding hydrogens is 228 g/mol. The lowest BCUT2D eigenvalue weighted by Gasteiger charge is -2.34. The Morgan fingerprint density at radius 2 is 1.83 bits per heavy atom. The van der Waals surface area contributed by atoms with Crippen LogP contribution in [-0.2, 0) is 4.79 Å². The molecule has 0 aromatic carbocycles. The summed E-state index contributed by atoms with van der Waals surface area (Å²) >= 11 is 0. The lowest BCUT2D eigenvalue weighted by Crippen LogP contribution is -2.54. The van der Waals surface area contributed by atoms with Crippen LogP contribution in [0.4, 0.5) is 0 Å². The van der Waals surface area contributed by atoms with Gasteiger partial charge in [-0.05, 0) is 44.6 Å². The minimum atomic E-state index is -1.07. The number of carboxylic acid groups (broad SMARTS) is 1. The van der Waals surface area contributed by atoms with Crippen LogP contribution in [0, 0.1) is 5.92 Å². The fourth-order valence-corrected chi connectivity index (χ4v) is 2.51. The van der Waals surface area contributed by atoms with Crippen LogP contribution < -0.4 is 11.5 Å². The molecule has 4 heteroatoms. The maximum absolute atomic E-state index is 11.5. The van der Waals surface area contributed by atoms with E-state index < -0.39 is 11.5 Å². The molecule has 0 saturated carbocycles. The molecule has 0 spiro atoms. The zero-order valence-corrected chi connectivity index (χ0v) is 12.0. The van der Waals surface area contributed by atoms with E-state index in [-0.39, 0.29) is 5.92 Å². The lowest BCUT2D eigenvalue weighted by molar-refractivity contribution is -0.146. The summed E-state index contributed by atoms with van der Waals surface area (Å²) in [5, 5.41) is 9.47. The quantitative estimate of drug-likeness (QED) is 0.497. The van der Waals surface area contributed by atoms with Gasteiger partial charge in [-0.25, -0.2) is 0 Å². The molecule has 0 amide bonds. The maximum atomic E-state index is 11.5. The van der Waals surface area contributed by atoms with E-state index in [0.717, 1.165) is 44.9 Å². The molecule has 0 aromatic heterocycles. The van der Waals surface area contributed by atoms with E-state index in [2.05, 4.69) is 13.8 Å². The molecule has 4 nitrogen and oxygen atoms in total. The number of nitrogens with two attached hydrogens (primary N) is 2. The molecule has 0 aliphatic rings. The molecule has 0 radical (unpaired) electrons. The molecule has 0 heterocycles. The fourth-order valence-electron chi connectivity index (χ4n) is 2.51. The molecule has 2 atom stereocenters. The summed E-state index contributed by atoms with van der Waals surface area (Å²) in [6.45, 7) is 4.81. The second-order valence-electron chi connectivity index (χ2n) is 5.22. The van der Waals surface area contributed by atoms with Gasteiger partial charge in [-0.3, -0.25) is 4.79 Å². The maximum Gasteiger partial charge on any atom is 0.323 e. The van der Waals surface area contributed by atoms with Gasteiger partial charge in [0.15, 0.2) is 0 Å². The van der Waals surface area contributed by atoms with E-state index >= 15 is 0 Å². The Labute approximate surface area is 111 Å². The van der Waals surface area contributed by atoms with Gasteiger partial charge in [-0.1, -0.05) is 33.1 Å². The van der Waals surface area contributed by atoms with Crippen molar-refractivity contribution in [2.24, 2.45) is 17.4 Å². The van der Waals surface area contributed by atoms with Crippen molar-refractivity contribution in [2.75, 3.05) is 6.54 Å². The number of rotatable bonds is 11. The smallest absolute Gasteiger partial charge is 0.323 e. The normalized spacial score (nSPS) is 16.2. The Morgan fingerprint density at radius 3 is 2.28 bits per heavy atom. The molecule has 0 fully saturated rings. The minimum absolute atomic E-state index is 0.0812. The SMILES string of the molecule is CCCCC(CCC)C(N)(CCCCN)C(=O)O. The van der Waals surface area contributed by atoms with Crippen LogP contribution in [-0.4, -0.2) is 23.2 Å². The summed E-state index contributed by atoms with van der Waals surface area (Å²) in [6.07, 6.45) is 7.10. The van der Waals surface area contributed by atoms with Crippen molar-refractivity contribution in [1.29, 1.82) is 0 Å². The van der Waals surface area contributed by atoms with E-state index in [1.165, 1.54) is 0 Å². The molecule has 0 rings (SSSR count). The monoisotopic (exact) mass is 258 g/mol. The highest BCUT2D eigenvalue weighted by molar-refractivity contribution is 5.78. The highest BCUT2D eigenvalue weighted by Crippen LogP contribution is 2.30. The molecule has 0 aliphatic carbocycles. The van der Waals surface area contributed by atoms with Gasteiger partial charge < -0.3 is 16.6 Å². The summed E-state index contributed by atoms with van der Waals surface area (Å²) in [7, 11) is 0. The van der Waals surface area contributed by atoms with Gasteiger partial charge in [-0.15, -0.1) is 0 Å². The second-order valence-corrected chi connectivity index (χ2v) is 5.22. The topological polar surface area (TPSA) is 89.3 Å². The standard InChI is InChI=1S/C14H30N2O2/c1-3-5-9-12(8-4-2)14(16,13(17)18)10-6-7-11-15/h12H,3-11,15-16H2,1-2H3,(H,17,18). The van der Waals surface area contributed by atoms with Gasteiger partial charge in [-0.2, -0.15) is 0 Å². The van der Waals surface area contributed by atoms with E-state index in [1.807, 2.05) is 0 Å². The number of carbonyl (C=O) groups is 1. The Morgan fingerprint density at radius 1 is 1.17 bits per heavy atom. The summed E-state index contributed by atoms with van der Waals surface area (Å²) in [4.78, 5) is 11.5. The van der Waals surface area contributed by atoms with Crippen molar-refractivity contribution in [2.45, 2.75) is 70.8 Å². The molecule has 108 valence electrons. The third-order valence-electron chi connectivity index (χ3n) is 3.71.